The lowest BCUT2D eigenvalue weighted by molar-refractivity contribution is -0.162. The molecule has 0 bridgehead atoms. The Balaban J connectivity index is 1.37. The molecule has 0 radical (unpaired) electrons. The molecule has 0 aromatic heterocycles. The molecule has 0 aromatic carbocycles. The lowest BCUT2D eigenvalue weighted by Crippen LogP contribution is -2.27. The number of methoxy groups -OCH3 is 1. The summed E-state index contributed by atoms with van der Waals surface area (Å²) in [6.45, 7) is 5.09. The van der Waals surface area contributed by atoms with Crippen LogP contribution in [0, 0.1) is 0 Å². The van der Waals surface area contributed by atoms with Gasteiger partial charge >= 0.3 is 0 Å². The Morgan fingerprint density at radius 3 is 2.50 bits per heavy atom. The second kappa shape index (κ2) is 14.7. The summed E-state index contributed by atoms with van der Waals surface area (Å²) in [6, 6.07) is 0. The molecule has 3 atom stereocenters. The molecule has 0 aliphatic carbocycles. The van der Waals surface area contributed by atoms with Crippen molar-refractivity contribution in [3.05, 3.63) is 0 Å². The van der Waals surface area contributed by atoms with Crippen LogP contribution in [0.2, 0.25) is 0 Å². The van der Waals surface area contributed by atoms with E-state index in [2.05, 4.69) is 0 Å². The number of hydrogen-bond acceptors (Lipinski definition) is 7. The Morgan fingerprint density at radius 2 is 1.77 bits per heavy atom. The van der Waals surface area contributed by atoms with E-state index in [1.54, 1.807) is 7.11 Å². The molecule has 2 aliphatic rings. The highest BCUT2D eigenvalue weighted by Gasteiger charge is 2.23. The Hall–Kier alpha value is -0.280. The van der Waals surface area contributed by atoms with Crippen molar-refractivity contribution in [1.82, 2.24) is 0 Å². The molecule has 3 unspecified atom stereocenters. The molecule has 26 heavy (non-hydrogen) atoms. The van der Waals surface area contributed by atoms with E-state index in [-0.39, 0.29) is 25.3 Å². The van der Waals surface area contributed by atoms with Gasteiger partial charge in [0.1, 0.15) is 19.0 Å². The highest BCUT2D eigenvalue weighted by atomic mass is 16.7. The molecule has 2 rings (SSSR count). The van der Waals surface area contributed by atoms with Crippen molar-refractivity contribution in [2.24, 2.45) is 0 Å². The zero-order valence-electron chi connectivity index (χ0n) is 16.2. The van der Waals surface area contributed by atoms with Crippen molar-refractivity contribution >= 4 is 0 Å². The van der Waals surface area contributed by atoms with E-state index in [1.807, 2.05) is 0 Å². The molecule has 2 saturated heterocycles. The summed E-state index contributed by atoms with van der Waals surface area (Å²) in [7, 11) is 1.61. The van der Waals surface area contributed by atoms with E-state index < -0.39 is 0 Å². The summed E-state index contributed by atoms with van der Waals surface area (Å²) in [4.78, 5) is 0. The molecule has 7 heteroatoms. The summed E-state index contributed by atoms with van der Waals surface area (Å²) < 4.78 is 38.2. The first-order chi connectivity index (χ1) is 12.9. The summed E-state index contributed by atoms with van der Waals surface area (Å²) in [5.74, 6) is 0. The van der Waals surface area contributed by atoms with Crippen LogP contribution in [-0.2, 0) is 33.2 Å². The molecule has 0 N–H and O–H groups in total. The Bertz CT molecular complexity index is 319. The third-order valence-electron chi connectivity index (χ3n) is 4.36. The summed E-state index contributed by atoms with van der Waals surface area (Å²) in [6.07, 6.45) is 8.06. The quantitative estimate of drug-likeness (QED) is 0.219. The third-order valence-corrected chi connectivity index (χ3v) is 4.36. The van der Waals surface area contributed by atoms with E-state index in [1.165, 1.54) is 6.42 Å². The molecule has 2 heterocycles. The van der Waals surface area contributed by atoms with Gasteiger partial charge in [-0.05, 0) is 32.1 Å². The monoisotopic (exact) mass is 376 g/mol. The Morgan fingerprint density at radius 1 is 0.962 bits per heavy atom. The molecule has 0 saturated carbocycles. The van der Waals surface area contributed by atoms with Gasteiger partial charge in [-0.2, -0.15) is 0 Å². The van der Waals surface area contributed by atoms with Crippen molar-refractivity contribution in [3.8, 4) is 0 Å². The fourth-order valence-electron chi connectivity index (χ4n) is 2.74. The van der Waals surface area contributed by atoms with Crippen molar-refractivity contribution in [2.45, 2.75) is 63.4 Å². The van der Waals surface area contributed by atoms with Gasteiger partial charge in [0.15, 0.2) is 6.29 Å². The van der Waals surface area contributed by atoms with Gasteiger partial charge in [0.05, 0.1) is 26.4 Å². The fraction of sp³-hybridized carbons (Fsp3) is 1.00. The lowest BCUT2D eigenvalue weighted by Gasteiger charge is -2.22. The Kier molecular flexibility index (Phi) is 12.5. The Labute approximate surface area is 157 Å². The summed E-state index contributed by atoms with van der Waals surface area (Å²) in [5, 5.41) is 0. The minimum atomic E-state index is -0.0995. The highest BCUT2D eigenvalue weighted by molar-refractivity contribution is 4.68. The average Bonchev–Trinajstić information content (AvgIpc) is 3.49. The first kappa shape index (κ1) is 22.0. The average molecular weight is 376 g/mol. The van der Waals surface area contributed by atoms with Crippen molar-refractivity contribution in [1.29, 1.82) is 0 Å². The fourth-order valence-corrected chi connectivity index (χ4v) is 2.74. The van der Waals surface area contributed by atoms with E-state index >= 15 is 0 Å². The maximum atomic E-state index is 5.73. The van der Waals surface area contributed by atoms with Crippen LogP contribution < -0.4 is 0 Å². The standard InChI is InChI=1S/C19H36O7/c1-20-16-26-17(13-22-14-18-15-25-18)12-21-9-5-2-3-6-10-23-19-8-4-7-11-24-19/h17-19H,2-16H2,1H3. The first-order valence-electron chi connectivity index (χ1n) is 9.99. The van der Waals surface area contributed by atoms with Gasteiger partial charge in [-0.3, -0.25) is 0 Å². The minimum absolute atomic E-state index is 0.0322. The molecule has 0 spiro atoms. The van der Waals surface area contributed by atoms with E-state index in [4.69, 9.17) is 33.2 Å². The van der Waals surface area contributed by atoms with Crippen molar-refractivity contribution < 1.29 is 33.2 Å². The van der Waals surface area contributed by atoms with Crippen LogP contribution in [-0.4, -0.2) is 78.6 Å². The highest BCUT2D eigenvalue weighted by Crippen LogP contribution is 2.14. The van der Waals surface area contributed by atoms with Crippen molar-refractivity contribution in [3.63, 3.8) is 0 Å². The number of ether oxygens (including phenoxy) is 7. The van der Waals surface area contributed by atoms with Crippen LogP contribution in [0.3, 0.4) is 0 Å². The van der Waals surface area contributed by atoms with Gasteiger partial charge < -0.3 is 33.2 Å². The molecule has 0 amide bonds. The van der Waals surface area contributed by atoms with Gasteiger partial charge in [0, 0.05) is 26.9 Å². The summed E-state index contributed by atoms with van der Waals surface area (Å²) in [5.41, 5.74) is 0. The maximum absolute atomic E-state index is 5.73. The van der Waals surface area contributed by atoms with Crippen molar-refractivity contribution in [2.75, 3.05) is 60.2 Å². The second-order valence-electron chi connectivity index (χ2n) is 6.84. The van der Waals surface area contributed by atoms with Gasteiger partial charge in [-0.15, -0.1) is 0 Å². The smallest absolute Gasteiger partial charge is 0.157 e. The molecular formula is C19H36O7. The second-order valence-corrected chi connectivity index (χ2v) is 6.84. The topological polar surface area (TPSA) is 67.9 Å². The molecular weight excluding hydrogens is 340 g/mol. The number of hydrogen-bond donors (Lipinski definition) is 0. The van der Waals surface area contributed by atoms with Crippen LogP contribution in [0.4, 0.5) is 0 Å². The third kappa shape index (κ3) is 11.4. The van der Waals surface area contributed by atoms with Gasteiger partial charge in [0.2, 0.25) is 0 Å². The largest absolute Gasteiger partial charge is 0.379 e. The SMILES string of the molecule is COCOC(COCCCCCCOC1CCCCO1)COCC1CO1. The normalized spacial score (nSPS) is 23.9. The molecule has 154 valence electrons. The molecule has 2 fully saturated rings. The maximum Gasteiger partial charge on any atom is 0.157 e. The lowest BCUT2D eigenvalue weighted by atomic mass is 10.2. The predicted molar refractivity (Wildman–Crippen MR) is 96.1 cm³/mol. The van der Waals surface area contributed by atoms with Crippen LogP contribution >= 0.6 is 0 Å². The van der Waals surface area contributed by atoms with E-state index in [0.29, 0.717) is 19.8 Å². The van der Waals surface area contributed by atoms with Gasteiger partial charge in [0.25, 0.3) is 0 Å². The van der Waals surface area contributed by atoms with Crippen LogP contribution in [0.5, 0.6) is 0 Å². The van der Waals surface area contributed by atoms with Crippen LogP contribution in [0.25, 0.3) is 0 Å². The number of rotatable bonds is 17. The van der Waals surface area contributed by atoms with Crippen LogP contribution in [0.1, 0.15) is 44.9 Å². The van der Waals surface area contributed by atoms with Crippen LogP contribution in [0.15, 0.2) is 0 Å². The van der Waals surface area contributed by atoms with E-state index in [0.717, 1.165) is 65.0 Å². The molecule has 2 aliphatic heterocycles. The first-order valence-corrected chi connectivity index (χ1v) is 9.99. The number of unbranched alkanes of at least 4 members (excludes halogenated alkanes) is 3. The molecule has 0 aromatic rings. The van der Waals surface area contributed by atoms with Gasteiger partial charge in [-0.25, -0.2) is 0 Å². The zero-order valence-corrected chi connectivity index (χ0v) is 16.2. The zero-order chi connectivity index (χ0) is 18.3. The number of epoxide rings is 1. The molecule has 7 nitrogen and oxygen atoms in total. The minimum Gasteiger partial charge on any atom is -0.379 e. The van der Waals surface area contributed by atoms with E-state index in [9.17, 15) is 0 Å². The van der Waals surface area contributed by atoms with Gasteiger partial charge in [-0.1, -0.05) is 12.8 Å². The predicted octanol–water partition coefficient (Wildman–Crippen LogP) is 2.51. The summed E-state index contributed by atoms with van der Waals surface area (Å²) >= 11 is 0.